The van der Waals surface area contributed by atoms with Gasteiger partial charge in [-0.1, -0.05) is 12.1 Å². The van der Waals surface area contributed by atoms with E-state index in [-0.39, 0.29) is 30.3 Å². The van der Waals surface area contributed by atoms with Crippen molar-refractivity contribution in [2.75, 3.05) is 13.1 Å². The van der Waals surface area contributed by atoms with Crippen LogP contribution in [0.2, 0.25) is 0 Å². The van der Waals surface area contributed by atoms with Crippen LogP contribution in [0.1, 0.15) is 25.1 Å². The van der Waals surface area contributed by atoms with Crippen LogP contribution in [0.5, 0.6) is 0 Å². The monoisotopic (exact) mass is 363 g/mol. The summed E-state index contributed by atoms with van der Waals surface area (Å²) in [5.41, 5.74) is -0.974. The molecule has 0 aromatic carbocycles. The Morgan fingerprint density at radius 3 is 3.08 bits per heavy atom. The van der Waals surface area contributed by atoms with Crippen molar-refractivity contribution in [1.29, 1.82) is 0 Å². The first kappa shape index (κ1) is 16.2. The van der Waals surface area contributed by atoms with E-state index >= 15 is 0 Å². The first-order valence-electron chi connectivity index (χ1n) is 7.92. The number of hydrogen-bond donors (Lipinski definition) is 2. The van der Waals surface area contributed by atoms with E-state index < -0.39 is 15.6 Å². The highest BCUT2D eigenvalue weighted by Gasteiger charge is 2.47. The smallest absolute Gasteiger partial charge is 0.260 e. The number of sulfonamides is 1. The number of nitrogens with one attached hydrogen (secondary N) is 1. The topological polar surface area (TPSA) is 125 Å². The van der Waals surface area contributed by atoms with Gasteiger partial charge in [0, 0.05) is 37.2 Å². The minimum Gasteiger partial charge on any atom is -0.379 e. The van der Waals surface area contributed by atoms with Crippen molar-refractivity contribution in [3.05, 3.63) is 36.2 Å². The number of fused-ring (bicyclic) bond motifs is 1. The van der Waals surface area contributed by atoms with E-state index in [1.807, 2.05) is 6.92 Å². The van der Waals surface area contributed by atoms with Gasteiger partial charge in [0.2, 0.25) is 10.0 Å². The third-order valence-corrected chi connectivity index (χ3v) is 6.31. The zero-order valence-electron chi connectivity index (χ0n) is 13.5. The lowest BCUT2D eigenvalue weighted by atomic mass is 10.0. The van der Waals surface area contributed by atoms with Crippen LogP contribution in [0.4, 0.5) is 0 Å². The second-order valence-corrected chi connectivity index (χ2v) is 7.95. The molecule has 0 bridgehead atoms. The van der Waals surface area contributed by atoms with Crippen LogP contribution in [0.15, 0.2) is 33.9 Å². The molecule has 1 unspecified atom stereocenters. The number of aromatic nitrogens is 4. The molecule has 2 N–H and O–H groups in total. The minimum absolute atomic E-state index is 0.0580. The van der Waals surface area contributed by atoms with Crippen molar-refractivity contribution in [2.45, 2.75) is 30.3 Å². The molecule has 4 rings (SSSR count). The van der Waals surface area contributed by atoms with Gasteiger partial charge in [-0.25, -0.2) is 13.4 Å². The molecular weight excluding hydrogens is 346 g/mol. The number of aryl methyl sites for hydroxylation is 1. The summed E-state index contributed by atoms with van der Waals surface area (Å²) in [6.45, 7) is 1.90. The molecule has 0 aliphatic carbocycles. The van der Waals surface area contributed by atoms with Gasteiger partial charge in [0.15, 0.2) is 11.4 Å². The lowest BCUT2D eigenvalue weighted by molar-refractivity contribution is 0.0194. The number of aliphatic hydroxyl groups is 1. The zero-order valence-corrected chi connectivity index (χ0v) is 14.3. The van der Waals surface area contributed by atoms with Crippen LogP contribution in [-0.2, 0) is 22.0 Å². The van der Waals surface area contributed by atoms with Crippen molar-refractivity contribution in [3.63, 3.8) is 0 Å². The molecule has 132 valence electrons. The molecule has 9 nitrogen and oxygen atoms in total. The summed E-state index contributed by atoms with van der Waals surface area (Å²) in [4.78, 5) is 11.3. The molecule has 1 atom stereocenters. The molecule has 25 heavy (non-hydrogen) atoms. The molecule has 0 saturated carbocycles. The lowest BCUT2D eigenvalue weighted by Gasteiger charge is -2.19. The first-order chi connectivity index (χ1) is 11.9. The Bertz CT molecular complexity index is 1030. The lowest BCUT2D eigenvalue weighted by Crippen LogP contribution is -2.34. The summed E-state index contributed by atoms with van der Waals surface area (Å²) in [5, 5.41) is 15.1. The summed E-state index contributed by atoms with van der Waals surface area (Å²) >= 11 is 0. The highest BCUT2D eigenvalue weighted by atomic mass is 32.2. The summed E-state index contributed by atoms with van der Waals surface area (Å²) in [6, 6.07) is 3.37. The van der Waals surface area contributed by atoms with Crippen LogP contribution in [0, 0.1) is 0 Å². The Labute approximate surface area is 143 Å². The Balaban J connectivity index is 1.66. The van der Waals surface area contributed by atoms with Crippen molar-refractivity contribution in [3.8, 4) is 0 Å². The number of hydrogen-bond acceptors (Lipinski definition) is 7. The number of pyridine rings is 1. The zero-order chi connectivity index (χ0) is 17.7. The van der Waals surface area contributed by atoms with E-state index in [1.54, 1.807) is 18.3 Å². The SMILES string of the molecule is CCc1noc(C2(O)CCN(S(=O)(=O)c3c[nH]c4ncccc34)C2)n1. The van der Waals surface area contributed by atoms with E-state index in [0.29, 0.717) is 23.3 Å². The number of aromatic amines is 1. The van der Waals surface area contributed by atoms with Crippen LogP contribution in [-0.4, -0.2) is 51.0 Å². The van der Waals surface area contributed by atoms with Crippen LogP contribution in [0.25, 0.3) is 11.0 Å². The summed E-state index contributed by atoms with van der Waals surface area (Å²) in [6.07, 6.45) is 3.78. The minimum atomic E-state index is -3.79. The Hall–Kier alpha value is -2.30. The molecule has 3 aromatic heterocycles. The van der Waals surface area contributed by atoms with Crippen molar-refractivity contribution >= 4 is 21.1 Å². The Morgan fingerprint density at radius 1 is 1.48 bits per heavy atom. The fraction of sp³-hybridized carbons (Fsp3) is 0.400. The number of H-pyrrole nitrogens is 1. The molecule has 3 aromatic rings. The predicted molar refractivity (Wildman–Crippen MR) is 87.0 cm³/mol. The second kappa shape index (κ2) is 5.61. The van der Waals surface area contributed by atoms with Gasteiger partial charge in [0.25, 0.3) is 5.89 Å². The van der Waals surface area contributed by atoms with Gasteiger partial charge in [0.05, 0.1) is 6.54 Å². The van der Waals surface area contributed by atoms with Gasteiger partial charge < -0.3 is 14.6 Å². The second-order valence-electron chi connectivity index (χ2n) is 6.04. The average molecular weight is 363 g/mol. The predicted octanol–water partition coefficient (Wildman–Crippen LogP) is 0.791. The first-order valence-corrected chi connectivity index (χ1v) is 9.36. The quantitative estimate of drug-likeness (QED) is 0.702. The number of β-amino-alcohol motifs (C(OH)–C–C–N with tert-alkyl or cyclic N) is 1. The maximum Gasteiger partial charge on any atom is 0.260 e. The maximum atomic E-state index is 13.0. The van der Waals surface area contributed by atoms with Crippen LogP contribution in [0.3, 0.4) is 0 Å². The highest BCUT2D eigenvalue weighted by Crippen LogP contribution is 2.35. The normalized spacial score (nSPS) is 22.0. The number of nitrogens with zero attached hydrogens (tertiary/aromatic N) is 4. The standard InChI is InChI=1S/C15H17N5O4S/c1-2-12-18-14(24-19-12)15(21)5-7-20(9-15)25(22,23)11-8-17-13-10(11)4-3-6-16-13/h3-4,6,8,21H,2,5,7,9H2,1H3,(H,16,17). The molecule has 1 fully saturated rings. The van der Waals surface area contributed by atoms with Crippen LogP contribution >= 0.6 is 0 Å². The van der Waals surface area contributed by atoms with Crippen molar-refractivity contribution < 1.29 is 18.0 Å². The summed E-state index contributed by atoms with van der Waals surface area (Å²) < 4.78 is 32.3. The molecule has 4 heterocycles. The van der Waals surface area contributed by atoms with Gasteiger partial charge in [0.1, 0.15) is 10.5 Å². The van der Waals surface area contributed by atoms with E-state index in [0.717, 1.165) is 0 Å². The molecule has 0 amide bonds. The molecule has 1 aliphatic heterocycles. The fourth-order valence-electron chi connectivity index (χ4n) is 3.01. The van der Waals surface area contributed by atoms with Gasteiger partial charge in [-0.3, -0.25) is 0 Å². The third-order valence-electron chi connectivity index (χ3n) is 4.43. The molecular formula is C15H17N5O4S. The molecule has 1 aliphatic rings. The fourth-order valence-corrected chi connectivity index (χ4v) is 4.65. The summed E-state index contributed by atoms with van der Waals surface area (Å²) in [5.74, 6) is 0.537. The summed E-state index contributed by atoms with van der Waals surface area (Å²) in [7, 11) is -3.79. The van der Waals surface area contributed by atoms with E-state index in [2.05, 4.69) is 20.1 Å². The number of rotatable bonds is 4. The van der Waals surface area contributed by atoms with Crippen molar-refractivity contribution in [2.24, 2.45) is 0 Å². The van der Waals surface area contributed by atoms with E-state index in [1.165, 1.54) is 10.5 Å². The van der Waals surface area contributed by atoms with Gasteiger partial charge in [-0.05, 0) is 12.1 Å². The van der Waals surface area contributed by atoms with Crippen molar-refractivity contribution in [1.82, 2.24) is 24.4 Å². The molecule has 1 saturated heterocycles. The Kier molecular flexibility index (Phi) is 3.63. The van der Waals surface area contributed by atoms with E-state index in [4.69, 9.17) is 4.52 Å². The molecule has 0 radical (unpaired) electrons. The van der Waals surface area contributed by atoms with Crippen LogP contribution < -0.4 is 0 Å². The van der Waals surface area contributed by atoms with Gasteiger partial charge in [-0.2, -0.15) is 9.29 Å². The van der Waals surface area contributed by atoms with E-state index in [9.17, 15) is 13.5 Å². The maximum absolute atomic E-state index is 13.0. The molecule has 0 spiro atoms. The molecule has 10 heteroatoms. The Morgan fingerprint density at radius 2 is 2.32 bits per heavy atom. The largest absolute Gasteiger partial charge is 0.379 e. The van der Waals surface area contributed by atoms with Gasteiger partial charge >= 0.3 is 0 Å². The van der Waals surface area contributed by atoms with Gasteiger partial charge in [-0.15, -0.1) is 0 Å². The average Bonchev–Trinajstić information content (AvgIpc) is 3.33. The third kappa shape index (κ3) is 2.53. The highest BCUT2D eigenvalue weighted by molar-refractivity contribution is 7.89.